The normalized spacial score (nSPS) is 11.9. The van der Waals surface area contributed by atoms with Crippen LogP contribution in [-0.2, 0) is 0 Å². The first kappa shape index (κ1) is 14.3. The van der Waals surface area contributed by atoms with Crippen molar-refractivity contribution in [2.75, 3.05) is 5.33 Å². The van der Waals surface area contributed by atoms with Gasteiger partial charge in [0.2, 0.25) is 0 Å². The summed E-state index contributed by atoms with van der Waals surface area (Å²) in [4.78, 5) is 12.2. The number of hydrogen-bond donors (Lipinski definition) is 1. The zero-order valence-electron chi connectivity index (χ0n) is 10.1. The summed E-state index contributed by atoms with van der Waals surface area (Å²) in [6.07, 6.45) is 0. The second-order valence-corrected chi connectivity index (χ2v) is 5.66. The van der Waals surface area contributed by atoms with E-state index in [4.69, 9.17) is 0 Å². The van der Waals surface area contributed by atoms with Gasteiger partial charge in [-0.25, -0.2) is 0 Å². The molecule has 0 saturated carbocycles. The van der Waals surface area contributed by atoms with E-state index in [-0.39, 0.29) is 11.9 Å². The van der Waals surface area contributed by atoms with Crippen LogP contribution in [0.3, 0.4) is 0 Å². The van der Waals surface area contributed by atoms with Crippen molar-refractivity contribution in [3.8, 4) is 0 Å². The Labute approximate surface area is 129 Å². The van der Waals surface area contributed by atoms with E-state index in [1.54, 1.807) is 6.07 Å². The number of alkyl halides is 1. The van der Waals surface area contributed by atoms with Gasteiger partial charge in [0.25, 0.3) is 5.91 Å². The minimum atomic E-state index is -0.0744. The van der Waals surface area contributed by atoms with Crippen LogP contribution in [0, 0.1) is 0 Å². The summed E-state index contributed by atoms with van der Waals surface area (Å²) in [5.41, 5.74) is 1.74. The average Bonchev–Trinajstić information content (AvgIpc) is 2.45. The summed E-state index contributed by atoms with van der Waals surface area (Å²) in [5.74, 6) is -0.0744. The van der Waals surface area contributed by atoms with E-state index in [9.17, 15) is 4.79 Å². The van der Waals surface area contributed by atoms with Crippen molar-refractivity contribution >= 4 is 37.8 Å². The van der Waals surface area contributed by atoms with Crippen LogP contribution < -0.4 is 5.32 Å². The highest BCUT2D eigenvalue weighted by atomic mass is 79.9. The fourth-order valence-electron chi connectivity index (χ4n) is 1.77. The lowest BCUT2D eigenvalue weighted by molar-refractivity contribution is 0.0940. The van der Waals surface area contributed by atoms with Gasteiger partial charge in [0.1, 0.15) is 0 Å². The van der Waals surface area contributed by atoms with E-state index in [0.29, 0.717) is 10.9 Å². The number of nitrogens with one attached hydrogen (secondary N) is 1. The lowest BCUT2D eigenvalue weighted by atomic mass is 10.1. The van der Waals surface area contributed by atoms with Crippen molar-refractivity contribution in [1.82, 2.24) is 5.32 Å². The Morgan fingerprint density at radius 3 is 2.47 bits per heavy atom. The highest BCUT2D eigenvalue weighted by molar-refractivity contribution is 9.10. The molecule has 2 aromatic rings. The molecule has 1 amide bonds. The van der Waals surface area contributed by atoms with Gasteiger partial charge in [0.05, 0.1) is 6.04 Å². The maximum Gasteiger partial charge on any atom is 0.251 e. The Balaban J connectivity index is 2.13. The molecule has 2 nitrogen and oxygen atoms in total. The molecule has 0 heterocycles. The largest absolute Gasteiger partial charge is 0.344 e. The number of carbonyl (C=O) groups is 1. The van der Waals surface area contributed by atoms with Crippen LogP contribution in [0.1, 0.15) is 22.0 Å². The summed E-state index contributed by atoms with van der Waals surface area (Å²) >= 11 is 6.81. The van der Waals surface area contributed by atoms with Crippen molar-refractivity contribution < 1.29 is 4.79 Å². The Bertz CT molecular complexity index is 557. The van der Waals surface area contributed by atoms with Gasteiger partial charge in [-0.15, -0.1) is 0 Å². The molecule has 98 valence electrons. The van der Waals surface area contributed by atoms with Crippen LogP contribution in [0.25, 0.3) is 0 Å². The molecule has 0 fully saturated rings. The highest BCUT2D eigenvalue weighted by Crippen LogP contribution is 2.17. The summed E-state index contributed by atoms with van der Waals surface area (Å²) in [6.45, 7) is 0. The standard InChI is InChI=1S/C15H13Br2NO/c16-10-14(11-5-2-1-3-6-11)18-15(19)12-7-4-8-13(17)9-12/h1-9,14H,10H2,(H,18,19). The summed E-state index contributed by atoms with van der Waals surface area (Å²) in [6, 6.07) is 17.2. The van der Waals surface area contributed by atoms with Crippen LogP contribution in [0.4, 0.5) is 0 Å². The van der Waals surface area contributed by atoms with Gasteiger partial charge < -0.3 is 5.32 Å². The lowest BCUT2D eigenvalue weighted by Crippen LogP contribution is -2.29. The maximum absolute atomic E-state index is 12.2. The first-order chi connectivity index (χ1) is 9.20. The van der Waals surface area contributed by atoms with Gasteiger partial charge in [-0.2, -0.15) is 0 Å². The molecular formula is C15H13Br2NO. The topological polar surface area (TPSA) is 29.1 Å². The third-order valence-electron chi connectivity index (χ3n) is 2.75. The van der Waals surface area contributed by atoms with Crippen LogP contribution in [0.2, 0.25) is 0 Å². The zero-order valence-corrected chi connectivity index (χ0v) is 13.3. The average molecular weight is 383 g/mol. The molecule has 1 unspecified atom stereocenters. The van der Waals surface area contributed by atoms with Crippen molar-refractivity contribution in [2.24, 2.45) is 0 Å². The first-order valence-corrected chi connectivity index (χ1v) is 7.79. The second-order valence-electron chi connectivity index (χ2n) is 4.10. The zero-order chi connectivity index (χ0) is 13.7. The van der Waals surface area contributed by atoms with Crippen molar-refractivity contribution in [3.63, 3.8) is 0 Å². The quantitative estimate of drug-likeness (QED) is 0.784. The van der Waals surface area contributed by atoms with Crippen molar-refractivity contribution in [3.05, 3.63) is 70.2 Å². The van der Waals surface area contributed by atoms with E-state index < -0.39 is 0 Å². The molecule has 0 saturated heterocycles. The molecule has 0 aliphatic rings. The molecular weight excluding hydrogens is 370 g/mol. The molecule has 4 heteroatoms. The number of rotatable bonds is 4. The molecule has 1 atom stereocenters. The molecule has 19 heavy (non-hydrogen) atoms. The van der Waals surface area contributed by atoms with Crippen LogP contribution >= 0.6 is 31.9 Å². The van der Waals surface area contributed by atoms with Crippen molar-refractivity contribution in [1.29, 1.82) is 0 Å². The number of carbonyl (C=O) groups excluding carboxylic acids is 1. The Morgan fingerprint density at radius 2 is 1.84 bits per heavy atom. The molecule has 1 N–H and O–H groups in total. The summed E-state index contributed by atoms with van der Waals surface area (Å²) in [5, 5.41) is 3.70. The molecule has 2 aromatic carbocycles. The van der Waals surface area contributed by atoms with Crippen molar-refractivity contribution in [2.45, 2.75) is 6.04 Å². The van der Waals surface area contributed by atoms with Crippen LogP contribution in [0.5, 0.6) is 0 Å². The maximum atomic E-state index is 12.2. The number of benzene rings is 2. The van der Waals surface area contributed by atoms with Gasteiger partial charge >= 0.3 is 0 Å². The van der Waals surface area contributed by atoms with E-state index in [1.165, 1.54) is 0 Å². The summed E-state index contributed by atoms with van der Waals surface area (Å²) < 4.78 is 0.898. The molecule has 0 aromatic heterocycles. The third kappa shape index (κ3) is 3.91. The second kappa shape index (κ2) is 6.87. The minimum Gasteiger partial charge on any atom is -0.344 e. The highest BCUT2D eigenvalue weighted by Gasteiger charge is 2.14. The van der Waals surface area contributed by atoms with E-state index in [2.05, 4.69) is 37.2 Å². The smallest absolute Gasteiger partial charge is 0.251 e. The van der Waals surface area contributed by atoms with E-state index in [0.717, 1.165) is 10.0 Å². The monoisotopic (exact) mass is 381 g/mol. The predicted molar refractivity (Wildman–Crippen MR) is 84.6 cm³/mol. The minimum absolute atomic E-state index is 0.0346. The number of hydrogen-bond acceptors (Lipinski definition) is 1. The molecule has 0 aliphatic carbocycles. The Hall–Kier alpha value is -1.13. The molecule has 0 spiro atoms. The SMILES string of the molecule is O=C(NC(CBr)c1ccccc1)c1cccc(Br)c1. The fourth-order valence-corrected chi connectivity index (χ4v) is 2.70. The molecule has 0 aliphatic heterocycles. The molecule has 2 rings (SSSR count). The van der Waals surface area contributed by atoms with E-state index in [1.807, 2.05) is 48.5 Å². The van der Waals surface area contributed by atoms with Crippen LogP contribution in [-0.4, -0.2) is 11.2 Å². The summed E-state index contributed by atoms with van der Waals surface area (Å²) in [7, 11) is 0. The number of halogens is 2. The molecule has 0 bridgehead atoms. The van der Waals surface area contributed by atoms with Crippen LogP contribution in [0.15, 0.2) is 59.1 Å². The lowest BCUT2D eigenvalue weighted by Gasteiger charge is -2.16. The van der Waals surface area contributed by atoms with Gasteiger partial charge in [-0.1, -0.05) is 68.3 Å². The van der Waals surface area contributed by atoms with Gasteiger partial charge in [-0.05, 0) is 23.8 Å². The predicted octanol–water partition coefficient (Wildman–Crippen LogP) is 4.32. The Morgan fingerprint density at radius 1 is 1.11 bits per heavy atom. The van der Waals surface area contributed by atoms with Gasteiger partial charge in [-0.3, -0.25) is 4.79 Å². The van der Waals surface area contributed by atoms with Gasteiger partial charge in [0, 0.05) is 15.4 Å². The van der Waals surface area contributed by atoms with Gasteiger partial charge in [0.15, 0.2) is 0 Å². The Kier molecular flexibility index (Phi) is 5.16. The molecule has 0 radical (unpaired) electrons. The number of amides is 1. The first-order valence-electron chi connectivity index (χ1n) is 5.88. The third-order valence-corrected chi connectivity index (χ3v) is 3.89. The van der Waals surface area contributed by atoms with E-state index >= 15 is 0 Å². The fraction of sp³-hybridized carbons (Fsp3) is 0.133.